The normalized spacial score (nSPS) is 10.9. The Bertz CT molecular complexity index is 770. The molecule has 0 bridgehead atoms. The van der Waals surface area contributed by atoms with Crippen LogP contribution in [-0.4, -0.2) is 22.2 Å². The van der Waals surface area contributed by atoms with Gasteiger partial charge in [0.15, 0.2) is 0 Å². The topological polar surface area (TPSA) is 62.2 Å². The summed E-state index contributed by atoms with van der Waals surface area (Å²) in [6, 6.07) is 8.31. The van der Waals surface area contributed by atoms with Gasteiger partial charge in [0.05, 0.1) is 15.9 Å². The molecule has 9 heteroatoms. The summed E-state index contributed by atoms with van der Waals surface area (Å²) in [4.78, 5) is 14.6. The number of nitrogens with one attached hydrogen (secondary N) is 1. The van der Waals surface area contributed by atoms with Crippen molar-refractivity contribution in [3.63, 3.8) is 0 Å². The third kappa shape index (κ3) is 4.93. The Kier molecular flexibility index (Phi) is 5.56. The van der Waals surface area contributed by atoms with Crippen molar-refractivity contribution >= 4 is 44.5 Å². The van der Waals surface area contributed by atoms with E-state index < -0.39 is 12.1 Å². The molecule has 0 atom stereocenters. The van der Waals surface area contributed by atoms with Gasteiger partial charge < -0.3 is 10.4 Å². The second-order valence-corrected chi connectivity index (χ2v) is 6.18. The summed E-state index contributed by atoms with van der Waals surface area (Å²) in [5, 5.41) is 14.8. The first-order valence-electron chi connectivity index (χ1n) is 6.26. The van der Waals surface area contributed by atoms with Gasteiger partial charge in [-0.05, 0) is 29.0 Å². The van der Waals surface area contributed by atoms with Crippen molar-refractivity contribution in [3.05, 3.63) is 46.1 Å². The summed E-state index contributed by atoms with van der Waals surface area (Å²) in [6.07, 6.45) is -3.23. The van der Waals surface area contributed by atoms with Gasteiger partial charge in [-0.15, -0.1) is 22.7 Å². The fraction of sp³-hybridized carbons (Fsp3) is 0.143. The molecular formula is C14H11F3N2O2S2. The SMILES string of the molecule is O=C(O)C(F)(F)F.c1csc(CNc2ccnc3ccsc23)c1. The van der Waals surface area contributed by atoms with E-state index >= 15 is 0 Å². The first-order chi connectivity index (χ1) is 10.9. The summed E-state index contributed by atoms with van der Waals surface area (Å²) < 4.78 is 33.0. The minimum Gasteiger partial charge on any atom is -0.475 e. The minimum atomic E-state index is -5.08. The second kappa shape index (κ2) is 7.42. The third-order valence-electron chi connectivity index (χ3n) is 2.62. The van der Waals surface area contributed by atoms with Crippen LogP contribution in [0.4, 0.5) is 18.9 Å². The number of halogens is 3. The molecule has 4 nitrogen and oxygen atoms in total. The lowest BCUT2D eigenvalue weighted by Gasteiger charge is -2.05. The minimum absolute atomic E-state index is 0.884. The van der Waals surface area contributed by atoms with Crippen LogP contribution in [0.25, 0.3) is 10.2 Å². The lowest BCUT2D eigenvalue weighted by molar-refractivity contribution is -0.192. The molecule has 2 N–H and O–H groups in total. The number of pyridine rings is 1. The third-order valence-corrected chi connectivity index (χ3v) is 4.43. The number of thiophene rings is 2. The summed E-state index contributed by atoms with van der Waals surface area (Å²) in [7, 11) is 0. The number of carbonyl (C=O) groups is 1. The van der Waals surface area contributed by atoms with Crippen LogP contribution >= 0.6 is 22.7 Å². The highest BCUT2D eigenvalue weighted by Crippen LogP contribution is 2.27. The highest BCUT2D eigenvalue weighted by atomic mass is 32.1. The van der Waals surface area contributed by atoms with E-state index in [-0.39, 0.29) is 0 Å². The van der Waals surface area contributed by atoms with E-state index in [1.807, 2.05) is 12.3 Å². The fourth-order valence-corrected chi connectivity index (χ4v) is 3.09. The summed E-state index contributed by atoms with van der Waals surface area (Å²) >= 11 is 3.50. The Balaban J connectivity index is 0.000000236. The standard InChI is InChI=1S/C12H10N2S2.C2HF3O2/c1-2-9(15-6-1)8-14-10-3-5-13-11-4-7-16-12(10)11;3-2(4,5)1(6)7/h1-7H,8H2,(H,13,14);(H,6,7). The van der Waals surface area contributed by atoms with E-state index in [4.69, 9.17) is 9.90 Å². The van der Waals surface area contributed by atoms with Crippen LogP contribution in [0.5, 0.6) is 0 Å². The maximum atomic E-state index is 10.6. The van der Waals surface area contributed by atoms with Crippen molar-refractivity contribution in [2.24, 2.45) is 0 Å². The van der Waals surface area contributed by atoms with Crippen molar-refractivity contribution < 1.29 is 23.1 Å². The van der Waals surface area contributed by atoms with Crippen molar-refractivity contribution in [2.45, 2.75) is 12.7 Å². The van der Waals surface area contributed by atoms with Gasteiger partial charge in [0.1, 0.15) is 0 Å². The lowest BCUT2D eigenvalue weighted by Crippen LogP contribution is -2.21. The molecule has 122 valence electrons. The highest BCUT2D eigenvalue weighted by Gasteiger charge is 2.38. The number of alkyl halides is 3. The number of carboxylic acids is 1. The molecule has 0 spiro atoms. The van der Waals surface area contributed by atoms with Crippen LogP contribution in [0, 0.1) is 0 Å². The summed E-state index contributed by atoms with van der Waals surface area (Å²) in [5.74, 6) is -2.76. The molecule has 0 aromatic carbocycles. The van der Waals surface area contributed by atoms with Gasteiger partial charge in [-0.25, -0.2) is 4.79 Å². The quantitative estimate of drug-likeness (QED) is 0.716. The number of hydrogen-bond donors (Lipinski definition) is 2. The van der Waals surface area contributed by atoms with E-state index in [0.717, 1.165) is 12.1 Å². The maximum absolute atomic E-state index is 10.6. The number of hydrogen-bond acceptors (Lipinski definition) is 5. The smallest absolute Gasteiger partial charge is 0.475 e. The van der Waals surface area contributed by atoms with Crippen molar-refractivity contribution in [1.29, 1.82) is 0 Å². The predicted molar refractivity (Wildman–Crippen MR) is 85.0 cm³/mol. The zero-order valence-electron chi connectivity index (χ0n) is 11.5. The molecule has 0 radical (unpaired) electrons. The van der Waals surface area contributed by atoms with Crippen LogP contribution in [0.2, 0.25) is 0 Å². The Hall–Kier alpha value is -2.13. The Morgan fingerprint density at radius 2 is 1.96 bits per heavy atom. The second-order valence-electron chi connectivity index (χ2n) is 4.23. The molecule has 0 saturated heterocycles. The lowest BCUT2D eigenvalue weighted by atomic mass is 10.3. The molecule has 3 rings (SSSR count). The monoisotopic (exact) mass is 360 g/mol. The van der Waals surface area contributed by atoms with Crippen LogP contribution in [-0.2, 0) is 11.3 Å². The van der Waals surface area contributed by atoms with Gasteiger partial charge in [-0.1, -0.05) is 6.07 Å². The maximum Gasteiger partial charge on any atom is 0.490 e. The van der Waals surface area contributed by atoms with Gasteiger partial charge >= 0.3 is 12.1 Å². The first-order valence-corrected chi connectivity index (χ1v) is 8.02. The van der Waals surface area contributed by atoms with Gasteiger partial charge in [0.25, 0.3) is 0 Å². The van der Waals surface area contributed by atoms with Gasteiger partial charge in [-0.2, -0.15) is 13.2 Å². The average molecular weight is 360 g/mol. The number of aromatic nitrogens is 1. The van der Waals surface area contributed by atoms with Crippen molar-refractivity contribution in [1.82, 2.24) is 4.98 Å². The number of aliphatic carboxylic acids is 1. The molecule has 0 unspecified atom stereocenters. The number of carboxylic acid groups (broad SMARTS) is 1. The molecule has 3 heterocycles. The largest absolute Gasteiger partial charge is 0.490 e. The fourth-order valence-electron chi connectivity index (χ4n) is 1.61. The number of anilines is 1. The first kappa shape index (κ1) is 17.2. The molecule has 23 heavy (non-hydrogen) atoms. The molecule has 0 amide bonds. The number of fused-ring (bicyclic) bond motifs is 1. The van der Waals surface area contributed by atoms with Crippen molar-refractivity contribution in [3.8, 4) is 0 Å². The zero-order chi connectivity index (χ0) is 16.9. The van der Waals surface area contributed by atoms with Gasteiger partial charge in [0, 0.05) is 17.6 Å². The van der Waals surface area contributed by atoms with Gasteiger partial charge in [0.2, 0.25) is 0 Å². The Morgan fingerprint density at radius 1 is 1.22 bits per heavy atom. The molecule has 0 saturated carbocycles. The molecule has 3 aromatic rings. The Morgan fingerprint density at radius 3 is 2.57 bits per heavy atom. The van der Waals surface area contributed by atoms with Crippen LogP contribution in [0.1, 0.15) is 4.88 Å². The van der Waals surface area contributed by atoms with Crippen molar-refractivity contribution in [2.75, 3.05) is 5.32 Å². The summed E-state index contributed by atoms with van der Waals surface area (Å²) in [5.41, 5.74) is 2.24. The van der Waals surface area contributed by atoms with Gasteiger partial charge in [-0.3, -0.25) is 4.98 Å². The number of nitrogens with zero attached hydrogens (tertiary/aromatic N) is 1. The van der Waals surface area contributed by atoms with Crippen LogP contribution in [0.15, 0.2) is 41.2 Å². The summed E-state index contributed by atoms with van der Waals surface area (Å²) in [6.45, 7) is 0.884. The molecule has 0 fully saturated rings. The average Bonchev–Trinajstić information content (AvgIpc) is 3.16. The predicted octanol–water partition coefficient (Wildman–Crippen LogP) is 4.60. The van der Waals surface area contributed by atoms with Crippen LogP contribution in [0.3, 0.4) is 0 Å². The molecular weight excluding hydrogens is 349 g/mol. The van der Waals surface area contributed by atoms with E-state index in [1.165, 1.54) is 15.3 Å². The Labute approximate surface area is 137 Å². The highest BCUT2D eigenvalue weighted by molar-refractivity contribution is 7.17. The molecule has 3 aromatic heterocycles. The molecule has 0 aliphatic rings. The van der Waals surface area contributed by atoms with Crippen LogP contribution < -0.4 is 5.32 Å². The van der Waals surface area contributed by atoms with E-state index in [2.05, 4.69) is 39.3 Å². The van der Waals surface area contributed by atoms with E-state index in [0.29, 0.717) is 0 Å². The zero-order valence-corrected chi connectivity index (χ0v) is 13.1. The molecule has 0 aliphatic heterocycles. The number of rotatable bonds is 3. The van der Waals surface area contributed by atoms with E-state index in [1.54, 1.807) is 22.7 Å². The van der Waals surface area contributed by atoms with E-state index in [9.17, 15) is 13.2 Å². The molecule has 0 aliphatic carbocycles.